The molecule has 1 saturated heterocycles. The topological polar surface area (TPSA) is 54.0 Å². The van der Waals surface area contributed by atoms with E-state index < -0.39 is 0 Å². The maximum atomic E-state index is 13.6. The van der Waals surface area contributed by atoms with Gasteiger partial charge < -0.3 is 19.7 Å². The molecule has 6 nitrogen and oxygen atoms in total. The molecule has 1 amide bonds. The van der Waals surface area contributed by atoms with Crippen molar-refractivity contribution in [2.75, 3.05) is 40.4 Å². The van der Waals surface area contributed by atoms with Crippen molar-refractivity contribution in [2.45, 2.75) is 13.3 Å². The summed E-state index contributed by atoms with van der Waals surface area (Å²) in [5.74, 6) is 1.47. The van der Waals surface area contributed by atoms with Gasteiger partial charge in [0.1, 0.15) is 0 Å². The van der Waals surface area contributed by atoms with Crippen molar-refractivity contribution in [3.8, 4) is 11.5 Å². The molecular formula is C24H29N3O3. The zero-order chi connectivity index (χ0) is 21.1. The van der Waals surface area contributed by atoms with Gasteiger partial charge in [0.15, 0.2) is 11.5 Å². The van der Waals surface area contributed by atoms with E-state index in [-0.39, 0.29) is 11.8 Å². The van der Waals surface area contributed by atoms with E-state index in [2.05, 4.69) is 35.4 Å². The highest BCUT2D eigenvalue weighted by atomic mass is 16.5. The Hall–Kier alpha value is -2.99. The predicted molar refractivity (Wildman–Crippen MR) is 118 cm³/mol. The number of carbonyl (C=O) groups excluding carboxylic acids is 1. The summed E-state index contributed by atoms with van der Waals surface area (Å²) in [5.41, 5.74) is 3.61. The van der Waals surface area contributed by atoms with Crippen LogP contribution >= 0.6 is 0 Å². The molecule has 158 valence electrons. The van der Waals surface area contributed by atoms with E-state index >= 15 is 0 Å². The Labute approximate surface area is 178 Å². The molecule has 0 spiro atoms. The van der Waals surface area contributed by atoms with E-state index in [0.29, 0.717) is 17.1 Å². The Kier molecular flexibility index (Phi) is 5.95. The first-order valence-electron chi connectivity index (χ1n) is 10.4. The first-order valence-corrected chi connectivity index (χ1v) is 10.4. The molecule has 1 aromatic carbocycles. The van der Waals surface area contributed by atoms with Crippen LogP contribution in [-0.4, -0.2) is 56.1 Å². The van der Waals surface area contributed by atoms with E-state index in [4.69, 9.17) is 9.47 Å². The minimum absolute atomic E-state index is 0.0353. The third kappa shape index (κ3) is 4.00. The van der Waals surface area contributed by atoms with Crippen LogP contribution in [-0.2, 0) is 4.79 Å². The van der Waals surface area contributed by atoms with Crippen molar-refractivity contribution in [3.63, 3.8) is 0 Å². The van der Waals surface area contributed by atoms with Crippen LogP contribution in [0.1, 0.15) is 18.9 Å². The van der Waals surface area contributed by atoms with Crippen LogP contribution in [0.5, 0.6) is 11.5 Å². The van der Waals surface area contributed by atoms with Crippen LogP contribution in [0, 0.1) is 5.92 Å². The van der Waals surface area contributed by atoms with Crippen molar-refractivity contribution < 1.29 is 14.3 Å². The summed E-state index contributed by atoms with van der Waals surface area (Å²) in [6.07, 6.45) is 11.2. The zero-order valence-electron chi connectivity index (χ0n) is 17.9. The lowest BCUT2D eigenvalue weighted by molar-refractivity contribution is -0.121. The van der Waals surface area contributed by atoms with Gasteiger partial charge in [-0.15, -0.1) is 0 Å². The molecule has 0 bridgehead atoms. The Bertz CT molecular complexity index is 939. The number of hydrogen-bond acceptors (Lipinski definition) is 5. The molecule has 0 aliphatic carbocycles. The quantitative estimate of drug-likeness (QED) is 0.831. The van der Waals surface area contributed by atoms with Crippen LogP contribution < -0.4 is 14.8 Å². The molecule has 6 heteroatoms. The van der Waals surface area contributed by atoms with Gasteiger partial charge >= 0.3 is 0 Å². The third-order valence-corrected chi connectivity index (χ3v) is 5.74. The van der Waals surface area contributed by atoms with Gasteiger partial charge in [0.05, 0.1) is 14.2 Å². The van der Waals surface area contributed by atoms with E-state index in [1.807, 2.05) is 30.5 Å². The van der Waals surface area contributed by atoms with Gasteiger partial charge in [-0.1, -0.05) is 25.1 Å². The number of fused-ring (bicyclic) bond motifs is 1. The Morgan fingerprint density at radius 1 is 1.07 bits per heavy atom. The molecule has 0 radical (unpaired) electrons. The summed E-state index contributed by atoms with van der Waals surface area (Å²) in [4.78, 5) is 17.7. The van der Waals surface area contributed by atoms with Gasteiger partial charge in [0, 0.05) is 49.3 Å². The summed E-state index contributed by atoms with van der Waals surface area (Å²) in [6, 6.07) is 5.63. The second-order valence-electron chi connectivity index (χ2n) is 7.79. The van der Waals surface area contributed by atoms with Gasteiger partial charge in [-0.3, -0.25) is 9.69 Å². The minimum Gasteiger partial charge on any atom is -0.493 e. The fraction of sp³-hybridized carbons (Fsp3) is 0.375. The smallest absolute Gasteiger partial charge is 0.262 e. The molecule has 1 unspecified atom stereocenters. The van der Waals surface area contributed by atoms with Crippen LogP contribution in [0.3, 0.4) is 0 Å². The lowest BCUT2D eigenvalue weighted by atomic mass is 9.94. The Morgan fingerprint density at radius 3 is 2.57 bits per heavy atom. The monoisotopic (exact) mass is 407 g/mol. The van der Waals surface area contributed by atoms with Crippen molar-refractivity contribution in [1.82, 2.24) is 15.1 Å². The molecule has 1 fully saturated rings. The Morgan fingerprint density at radius 2 is 1.83 bits per heavy atom. The highest BCUT2D eigenvalue weighted by Crippen LogP contribution is 2.34. The van der Waals surface area contributed by atoms with E-state index in [9.17, 15) is 4.79 Å². The van der Waals surface area contributed by atoms with Crippen molar-refractivity contribution in [1.29, 1.82) is 0 Å². The molecule has 4 rings (SSSR count). The summed E-state index contributed by atoms with van der Waals surface area (Å²) < 4.78 is 10.8. The number of carbonyl (C=O) groups is 1. The average Bonchev–Trinajstić information content (AvgIpc) is 2.80. The maximum absolute atomic E-state index is 13.6. The fourth-order valence-corrected chi connectivity index (χ4v) is 4.05. The number of benzene rings is 1. The van der Waals surface area contributed by atoms with Crippen molar-refractivity contribution in [3.05, 3.63) is 65.7 Å². The molecular weight excluding hydrogens is 378 g/mol. The maximum Gasteiger partial charge on any atom is 0.262 e. The first kappa shape index (κ1) is 20.3. The second-order valence-corrected chi connectivity index (χ2v) is 7.79. The van der Waals surface area contributed by atoms with Gasteiger partial charge in [0.2, 0.25) is 0 Å². The molecule has 1 N–H and O–H groups in total. The van der Waals surface area contributed by atoms with Gasteiger partial charge in [-0.05, 0) is 42.2 Å². The number of allylic oxidation sites excluding steroid dienone is 4. The van der Waals surface area contributed by atoms with Crippen molar-refractivity contribution >= 4 is 11.5 Å². The highest BCUT2D eigenvalue weighted by molar-refractivity contribution is 6.20. The van der Waals surface area contributed by atoms with Crippen molar-refractivity contribution in [2.24, 2.45) is 5.92 Å². The summed E-state index contributed by atoms with van der Waals surface area (Å²) in [7, 11) is 3.22. The van der Waals surface area contributed by atoms with Crippen LogP contribution in [0.4, 0.5) is 0 Å². The molecule has 3 aliphatic rings. The summed E-state index contributed by atoms with van der Waals surface area (Å²) >= 11 is 0. The molecule has 3 heterocycles. The molecule has 30 heavy (non-hydrogen) atoms. The molecule has 3 aliphatic heterocycles. The first-order chi connectivity index (χ1) is 14.6. The second kappa shape index (κ2) is 8.79. The number of ether oxygens (including phenoxy) is 2. The minimum atomic E-state index is -0.0353. The van der Waals surface area contributed by atoms with Crippen LogP contribution in [0.2, 0.25) is 0 Å². The number of nitrogens with zero attached hydrogens (tertiary/aromatic N) is 2. The van der Waals surface area contributed by atoms with Gasteiger partial charge in [0.25, 0.3) is 5.91 Å². The van der Waals surface area contributed by atoms with E-state index in [1.165, 1.54) is 0 Å². The lowest BCUT2D eigenvalue weighted by Crippen LogP contribution is -2.43. The number of piperazine rings is 1. The molecule has 1 aromatic rings. The number of nitrogens with one attached hydrogen (secondary N) is 1. The van der Waals surface area contributed by atoms with Gasteiger partial charge in [-0.25, -0.2) is 0 Å². The molecule has 1 atom stereocenters. The average molecular weight is 408 g/mol. The highest BCUT2D eigenvalue weighted by Gasteiger charge is 2.27. The Balaban J connectivity index is 1.66. The lowest BCUT2D eigenvalue weighted by Gasteiger charge is -2.34. The largest absolute Gasteiger partial charge is 0.493 e. The van der Waals surface area contributed by atoms with E-state index in [0.717, 1.165) is 49.6 Å². The fourth-order valence-electron chi connectivity index (χ4n) is 4.05. The summed E-state index contributed by atoms with van der Waals surface area (Å²) in [5, 5.41) is 3.38. The van der Waals surface area contributed by atoms with E-state index in [1.54, 1.807) is 19.1 Å². The SMILES string of the molecule is COc1ccc(C2=CC(C)CC=C3C=C(N4CCNCC4)C=CN3C2=O)cc1OC. The standard InChI is InChI=1S/C24H29N3O3/c1-17-4-6-20-16-19(26-12-9-25-10-13-26)8-11-27(20)24(28)21(14-17)18-5-7-22(29-2)23(15-18)30-3/h5-8,11,14-17,25H,4,9-10,12-13H2,1-3H3. The number of hydrogen-bond donors (Lipinski definition) is 1. The normalized spacial score (nSPS) is 21.8. The number of rotatable bonds is 4. The van der Waals surface area contributed by atoms with Crippen LogP contribution in [0.25, 0.3) is 5.57 Å². The van der Waals surface area contributed by atoms with Crippen LogP contribution in [0.15, 0.2) is 60.1 Å². The molecule has 0 aromatic heterocycles. The zero-order valence-corrected chi connectivity index (χ0v) is 17.9. The van der Waals surface area contributed by atoms with Gasteiger partial charge in [-0.2, -0.15) is 0 Å². The predicted octanol–water partition coefficient (Wildman–Crippen LogP) is 3.16. The number of methoxy groups -OCH3 is 2. The number of amides is 1. The third-order valence-electron chi connectivity index (χ3n) is 5.74. The molecule has 0 saturated carbocycles. The summed E-state index contributed by atoms with van der Waals surface area (Å²) in [6.45, 7) is 6.06.